The number of thiophene rings is 1. The fourth-order valence-electron chi connectivity index (χ4n) is 2.57. The molecular weight excluding hydrogens is 308 g/mol. The molecule has 0 bridgehead atoms. The van der Waals surface area contributed by atoms with Crippen molar-refractivity contribution in [3.8, 4) is 0 Å². The molecule has 3 heteroatoms. The smallest absolute Gasteiger partial charge is 0.0838 e. The highest BCUT2D eigenvalue weighted by Gasteiger charge is 2.15. The van der Waals surface area contributed by atoms with Crippen LogP contribution in [0.25, 0.3) is 0 Å². The molecule has 1 aromatic heterocycles. The van der Waals surface area contributed by atoms with Gasteiger partial charge in [-0.2, -0.15) is 0 Å². The van der Waals surface area contributed by atoms with Crippen molar-refractivity contribution in [3.63, 3.8) is 0 Å². The Morgan fingerprint density at radius 3 is 2.78 bits per heavy atom. The molecule has 0 saturated carbocycles. The molecule has 0 spiro atoms. The van der Waals surface area contributed by atoms with E-state index >= 15 is 0 Å². The predicted molar refractivity (Wildman–Crippen MR) is 79.1 cm³/mol. The first-order valence-electron chi connectivity index (χ1n) is 6.26. The van der Waals surface area contributed by atoms with Gasteiger partial charge in [-0.05, 0) is 64.0 Å². The minimum atomic E-state index is -0.388. The predicted octanol–water partition coefficient (Wildman–Crippen LogP) is 4.28. The van der Waals surface area contributed by atoms with Gasteiger partial charge in [-0.1, -0.05) is 18.2 Å². The van der Waals surface area contributed by atoms with E-state index in [1.54, 1.807) is 11.3 Å². The third kappa shape index (κ3) is 2.53. The monoisotopic (exact) mass is 322 g/mol. The zero-order valence-corrected chi connectivity index (χ0v) is 12.4. The Morgan fingerprint density at radius 1 is 1.17 bits per heavy atom. The third-order valence-corrected chi connectivity index (χ3v) is 5.18. The summed E-state index contributed by atoms with van der Waals surface area (Å²) in [7, 11) is 0. The standard InChI is InChI=1S/C15H15BrOS/c16-15-7-6-13(18-15)9-14(17)12-5-4-10-2-1-3-11(10)8-12/h4-8,14,17H,1-3,9H2. The summed E-state index contributed by atoms with van der Waals surface area (Å²) in [6, 6.07) is 10.6. The van der Waals surface area contributed by atoms with Crippen molar-refractivity contribution in [2.45, 2.75) is 31.8 Å². The van der Waals surface area contributed by atoms with E-state index in [2.05, 4.69) is 40.2 Å². The molecule has 2 aromatic rings. The van der Waals surface area contributed by atoms with Gasteiger partial charge in [0.15, 0.2) is 0 Å². The number of hydrogen-bond acceptors (Lipinski definition) is 2. The van der Waals surface area contributed by atoms with Crippen LogP contribution in [-0.2, 0) is 19.3 Å². The van der Waals surface area contributed by atoms with Crippen molar-refractivity contribution in [2.75, 3.05) is 0 Å². The molecule has 1 N–H and O–H groups in total. The van der Waals surface area contributed by atoms with Gasteiger partial charge in [-0.25, -0.2) is 0 Å². The number of rotatable bonds is 3. The second-order valence-electron chi connectivity index (χ2n) is 4.81. The highest BCUT2D eigenvalue weighted by Crippen LogP contribution is 2.29. The van der Waals surface area contributed by atoms with E-state index in [4.69, 9.17) is 0 Å². The maximum atomic E-state index is 10.3. The number of aryl methyl sites for hydroxylation is 2. The Kier molecular flexibility index (Phi) is 3.55. The number of fused-ring (bicyclic) bond motifs is 1. The Labute approximate surface area is 120 Å². The van der Waals surface area contributed by atoms with E-state index in [9.17, 15) is 5.11 Å². The minimum absolute atomic E-state index is 0.388. The maximum absolute atomic E-state index is 10.3. The van der Waals surface area contributed by atoms with Gasteiger partial charge in [0, 0.05) is 11.3 Å². The van der Waals surface area contributed by atoms with Gasteiger partial charge in [-0.15, -0.1) is 11.3 Å². The van der Waals surface area contributed by atoms with Gasteiger partial charge in [0.05, 0.1) is 9.89 Å². The quantitative estimate of drug-likeness (QED) is 0.894. The van der Waals surface area contributed by atoms with Gasteiger partial charge >= 0.3 is 0 Å². The molecule has 94 valence electrons. The van der Waals surface area contributed by atoms with E-state index in [0.29, 0.717) is 6.42 Å². The Morgan fingerprint density at radius 2 is 2.00 bits per heavy atom. The van der Waals surface area contributed by atoms with Gasteiger partial charge in [-0.3, -0.25) is 0 Å². The SMILES string of the molecule is OC(Cc1ccc(Br)s1)c1ccc2c(c1)CCC2. The van der Waals surface area contributed by atoms with E-state index in [-0.39, 0.29) is 6.10 Å². The topological polar surface area (TPSA) is 20.2 Å². The van der Waals surface area contributed by atoms with Crippen LogP contribution in [0.5, 0.6) is 0 Å². The molecule has 1 aromatic carbocycles. The number of halogens is 1. The van der Waals surface area contributed by atoms with Gasteiger partial charge in [0.2, 0.25) is 0 Å². The highest BCUT2D eigenvalue weighted by atomic mass is 79.9. The molecule has 0 fully saturated rings. The van der Waals surface area contributed by atoms with Crippen LogP contribution in [0.15, 0.2) is 34.1 Å². The first kappa shape index (κ1) is 12.4. The van der Waals surface area contributed by atoms with Gasteiger partial charge in [0.25, 0.3) is 0 Å². The summed E-state index contributed by atoms with van der Waals surface area (Å²) in [5.74, 6) is 0. The molecule has 1 aliphatic rings. The average Bonchev–Trinajstić information content (AvgIpc) is 2.96. The molecule has 18 heavy (non-hydrogen) atoms. The van der Waals surface area contributed by atoms with Crippen molar-refractivity contribution in [3.05, 3.63) is 55.7 Å². The number of benzene rings is 1. The van der Waals surface area contributed by atoms with Crippen LogP contribution in [0.2, 0.25) is 0 Å². The van der Waals surface area contributed by atoms with E-state index in [0.717, 1.165) is 9.35 Å². The van der Waals surface area contributed by atoms with Crippen LogP contribution in [0, 0.1) is 0 Å². The Balaban J connectivity index is 1.78. The van der Waals surface area contributed by atoms with Crippen LogP contribution in [0.1, 0.15) is 34.1 Å². The molecule has 3 rings (SSSR count). The fraction of sp³-hybridized carbons (Fsp3) is 0.333. The summed E-state index contributed by atoms with van der Waals surface area (Å²) in [4.78, 5) is 1.22. The third-order valence-electron chi connectivity index (χ3n) is 3.53. The van der Waals surface area contributed by atoms with Crippen LogP contribution < -0.4 is 0 Å². The molecule has 0 aliphatic heterocycles. The summed E-state index contributed by atoms with van der Waals surface area (Å²) >= 11 is 5.15. The van der Waals surface area contributed by atoms with Crippen LogP contribution in [0.3, 0.4) is 0 Å². The lowest BCUT2D eigenvalue weighted by molar-refractivity contribution is 0.179. The fourth-order valence-corrected chi connectivity index (χ4v) is 4.09. The number of aliphatic hydroxyl groups is 1. The van der Waals surface area contributed by atoms with Gasteiger partial charge < -0.3 is 5.11 Å². The van der Waals surface area contributed by atoms with E-state index in [1.165, 1.54) is 35.3 Å². The first-order valence-corrected chi connectivity index (χ1v) is 7.87. The lowest BCUT2D eigenvalue weighted by atomic mass is 10.0. The Hall–Kier alpha value is -0.640. The van der Waals surface area contributed by atoms with Crippen molar-refractivity contribution < 1.29 is 5.11 Å². The summed E-state index contributed by atoms with van der Waals surface area (Å²) in [6.07, 6.45) is 3.94. The maximum Gasteiger partial charge on any atom is 0.0838 e. The van der Waals surface area contributed by atoms with Crippen LogP contribution >= 0.6 is 27.3 Å². The molecule has 1 unspecified atom stereocenters. The van der Waals surface area contributed by atoms with Gasteiger partial charge in [0.1, 0.15) is 0 Å². The first-order chi connectivity index (χ1) is 8.72. The average molecular weight is 323 g/mol. The minimum Gasteiger partial charge on any atom is -0.388 e. The van der Waals surface area contributed by atoms with Crippen molar-refractivity contribution in [1.29, 1.82) is 0 Å². The number of hydrogen-bond donors (Lipinski definition) is 1. The molecule has 0 amide bonds. The molecule has 0 radical (unpaired) electrons. The summed E-state index contributed by atoms with van der Waals surface area (Å²) in [5, 5.41) is 10.3. The van der Waals surface area contributed by atoms with Crippen molar-refractivity contribution >= 4 is 27.3 Å². The molecule has 1 atom stereocenters. The highest BCUT2D eigenvalue weighted by molar-refractivity contribution is 9.11. The van der Waals surface area contributed by atoms with Crippen LogP contribution in [-0.4, -0.2) is 5.11 Å². The lowest BCUT2D eigenvalue weighted by Crippen LogP contribution is -2.01. The second-order valence-corrected chi connectivity index (χ2v) is 7.36. The molecule has 1 aliphatic carbocycles. The molecule has 1 heterocycles. The second kappa shape index (κ2) is 5.16. The Bertz CT molecular complexity index is 561. The van der Waals surface area contributed by atoms with Crippen molar-refractivity contribution in [1.82, 2.24) is 0 Å². The molecule has 1 nitrogen and oxygen atoms in total. The largest absolute Gasteiger partial charge is 0.388 e. The van der Waals surface area contributed by atoms with Crippen molar-refractivity contribution in [2.24, 2.45) is 0 Å². The van der Waals surface area contributed by atoms with E-state index < -0.39 is 0 Å². The summed E-state index contributed by atoms with van der Waals surface area (Å²) in [6.45, 7) is 0. The summed E-state index contributed by atoms with van der Waals surface area (Å²) in [5.41, 5.74) is 3.95. The van der Waals surface area contributed by atoms with E-state index in [1.807, 2.05) is 6.07 Å². The molecular formula is C15H15BrOS. The molecule has 0 saturated heterocycles. The summed E-state index contributed by atoms with van der Waals surface area (Å²) < 4.78 is 1.12. The van der Waals surface area contributed by atoms with Crippen LogP contribution in [0.4, 0.5) is 0 Å². The number of aliphatic hydroxyl groups excluding tert-OH is 1. The zero-order valence-electron chi connectivity index (χ0n) is 10.0. The zero-order chi connectivity index (χ0) is 12.5. The lowest BCUT2D eigenvalue weighted by Gasteiger charge is -2.11. The normalized spacial score (nSPS) is 15.7.